The third-order valence-corrected chi connectivity index (χ3v) is 27.0. The molecular weight excluding hydrogens is 1570 g/mol. The number of thiophene rings is 6. The molecule has 8 rings (SSSR count). The van der Waals surface area contributed by atoms with Crippen LogP contribution in [0.25, 0.3) is 0 Å². The largest absolute Gasteiger partial charge is 0.456 e. The molecule has 2 aromatic carbocycles. The molecule has 2 atom stereocenters. The number of sulfone groups is 1. The van der Waals surface area contributed by atoms with Gasteiger partial charge in [-0.2, -0.15) is 0 Å². The third kappa shape index (κ3) is 46.0. The van der Waals surface area contributed by atoms with Crippen LogP contribution in [0.4, 0.5) is 4.39 Å². The zero-order valence-electron chi connectivity index (χ0n) is 65.1. The summed E-state index contributed by atoms with van der Waals surface area (Å²) in [5, 5.41) is 27.5. The van der Waals surface area contributed by atoms with E-state index in [9.17, 15) is 17.6 Å². The average molecular weight is 1680 g/mol. The lowest BCUT2D eigenvalue weighted by molar-refractivity contribution is -0.138. The van der Waals surface area contributed by atoms with Gasteiger partial charge in [-0.3, -0.25) is 4.39 Å². The highest BCUT2D eigenvalue weighted by molar-refractivity contribution is 8.00. The van der Waals surface area contributed by atoms with Crippen molar-refractivity contribution in [3.8, 4) is 70.4 Å². The Morgan fingerprint density at radius 2 is 0.804 bits per heavy atom. The normalized spacial score (nSPS) is 10.6. The van der Waals surface area contributed by atoms with E-state index in [-0.39, 0.29) is 5.75 Å². The Morgan fingerprint density at radius 3 is 1.22 bits per heavy atom. The van der Waals surface area contributed by atoms with Gasteiger partial charge in [0.05, 0.1) is 19.5 Å². The van der Waals surface area contributed by atoms with Crippen LogP contribution in [0.1, 0.15) is 221 Å². The number of halogens is 1. The summed E-state index contributed by atoms with van der Waals surface area (Å²) in [5.74, 6) is 34.6. The van der Waals surface area contributed by atoms with Crippen molar-refractivity contribution >= 4 is 154 Å². The van der Waals surface area contributed by atoms with E-state index >= 15 is 0 Å². The van der Waals surface area contributed by atoms with Gasteiger partial charge in [-0.25, -0.2) is 13.2 Å². The molecule has 0 saturated carbocycles. The van der Waals surface area contributed by atoms with Crippen molar-refractivity contribution in [3.05, 3.63) is 182 Å². The fourth-order valence-electron chi connectivity index (χ4n) is 9.43. The number of alkyl halides is 1. The van der Waals surface area contributed by atoms with E-state index in [2.05, 4.69) is 186 Å². The molecule has 0 aliphatic rings. The van der Waals surface area contributed by atoms with Gasteiger partial charge >= 0.3 is 5.97 Å². The van der Waals surface area contributed by atoms with Crippen molar-refractivity contribution in [2.75, 3.05) is 57.1 Å². The minimum atomic E-state index is -3.28. The summed E-state index contributed by atoms with van der Waals surface area (Å²) in [6.07, 6.45) is 41.9. The summed E-state index contributed by atoms with van der Waals surface area (Å²) >= 11 is 20.3. The second kappa shape index (κ2) is 65.9. The van der Waals surface area contributed by atoms with E-state index in [1.54, 1.807) is 139 Å². The van der Waals surface area contributed by atoms with Gasteiger partial charge in [0, 0.05) is 156 Å². The molecule has 0 amide bonds. The number of carbonyl (C=O) groups is 1. The summed E-state index contributed by atoms with van der Waals surface area (Å²) in [6, 6.07) is 20.1. The van der Waals surface area contributed by atoms with E-state index < -0.39 is 15.8 Å². The minimum absolute atomic E-state index is 0.182. The van der Waals surface area contributed by atoms with Crippen molar-refractivity contribution in [2.45, 2.75) is 206 Å². The summed E-state index contributed by atoms with van der Waals surface area (Å²) in [7, 11) is -2.78. The molecule has 8 aromatic rings. The van der Waals surface area contributed by atoms with Crippen LogP contribution in [0.5, 0.6) is 0 Å². The Morgan fingerprint density at radius 1 is 0.430 bits per heavy atom. The first-order chi connectivity index (χ1) is 52.3. The smallest absolute Gasteiger partial charge is 0.384 e. The highest BCUT2D eigenvalue weighted by atomic mass is 32.2. The van der Waals surface area contributed by atoms with Gasteiger partial charge in [0.25, 0.3) is 0 Å². The van der Waals surface area contributed by atoms with Crippen molar-refractivity contribution < 1.29 is 22.3 Å². The quantitative estimate of drug-likeness (QED) is 0.0188. The molecule has 0 fully saturated rings. The lowest BCUT2D eigenvalue weighted by Gasteiger charge is -2.12. The number of benzene rings is 2. The summed E-state index contributed by atoms with van der Waals surface area (Å²) in [4.78, 5) is 19.0. The van der Waals surface area contributed by atoms with Crippen LogP contribution in [-0.4, -0.2) is 71.5 Å². The van der Waals surface area contributed by atoms with Gasteiger partial charge in [-0.05, 0) is 118 Å². The van der Waals surface area contributed by atoms with E-state index in [4.69, 9.17) is 4.74 Å². The molecule has 6 aromatic heterocycles. The zero-order chi connectivity index (χ0) is 78.2. The fourth-order valence-corrected chi connectivity index (χ4v) is 20.0. The lowest BCUT2D eigenvalue weighted by Crippen LogP contribution is -2.12. The number of ether oxygens (including phenoxy) is 1. The SMILES string of the molecule is CCCCC(CC)CCS(=O)(=O)C#Cc1cscc1SC.CCCCC(CC)COC(=O)C#Cc1cscc1SC.CCCCCC/C=C/C#Cc1cscc1SC.CCCCCCCCC#Cc1cscc1SC.CF.CSc1cscc1C#Cc1ccccc1.CSc1cscc1C#Cc1ccccc1. The van der Waals surface area contributed by atoms with Crippen molar-refractivity contribution in [1.82, 2.24) is 0 Å². The van der Waals surface area contributed by atoms with Crippen molar-refractivity contribution in [3.63, 3.8) is 0 Å². The van der Waals surface area contributed by atoms with E-state index in [1.807, 2.05) is 101 Å². The zero-order valence-corrected chi connectivity index (χ0v) is 75.7. The Bertz CT molecular complexity index is 4060. The maximum absolute atomic E-state index is 12.0. The standard InChI is InChI=1S/C16H24O2S3.C16H22O2S2.C15H22S2.C15H20S2.2C13H10S2.CH3F/c1-4-6-7-14(5-2)8-10-21(17,18)11-9-15-12-20-13-16(15)19-3;1-4-6-7-13(5-2)10-18-16(17)9-8-14-11-20-12-15(14)19-3;2*1-3-4-5-6-7-8-9-10-11-14-12-17-13-15(14)16-2;2*1-14-13-10-15-9-12(13)8-7-11-5-3-2-4-6-11;1-2/h12-14H,4-8,10H2,1-3H3;11-13H,4-7,10H2,1-3H3;12-13H,3-9H2,1-2H3;8-9,12-13H,3-7H2,1-2H3;2*2-6,9-10H,1H3;1H3/b;;;9-8+;;;. The molecule has 6 heterocycles. The molecule has 0 spiro atoms. The minimum Gasteiger partial charge on any atom is -0.456 e. The molecular formula is C89H111FO4S13. The highest BCUT2D eigenvalue weighted by Gasteiger charge is 2.14. The van der Waals surface area contributed by atoms with Gasteiger partial charge in [0.2, 0.25) is 9.84 Å². The van der Waals surface area contributed by atoms with Crippen LogP contribution in [0.3, 0.4) is 0 Å². The monoisotopic (exact) mass is 1680 g/mol. The van der Waals surface area contributed by atoms with Gasteiger partial charge in [-0.1, -0.05) is 234 Å². The summed E-state index contributed by atoms with van der Waals surface area (Å²) < 4.78 is 38.8. The van der Waals surface area contributed by atoms with Gasteiger partial charge in [-0.15, -0.1) is 139 Å². The molecule has 0 N–H and O–H groups in total. The lowest BCUT2D eigenvalue weighted by atomic mass is 9.97. The number of hydrogen-bond acceptors (Lipinski definition) is 16. The predicted molar refractivity (Wildman–Crippen MR) is 488 cm³/mol. The number of hydrogen-bond donors (Lipinski definition) is 0. The second-order valence-corrected chi connectivity index (χ2v) is 35.1. The topological polar surface area (TPSA) is 60.4 Å². The number of thioether (sulfide) groups is 6. The van der Waals surface area contributed by atoms with Crippen LogP contribution >= 0.6 is 139 Å². The first kappa shape index (κ1) is 98.3. The Kier molecular flexibility index (Phi) is 60.5. The molecule has 0 aliphatic carbocycles. The Balaban J connectivity index is 0.000000435. The molecule has 0 radical (unpaired) electrons. The number of esters is 1. The number of unbranched alkanes of at least 4 members (excludes halogenated alkanes) is 12. The summed E-state index contributed by atoms with van der Waals surface area (Å²) in [6.45, 7) is 13.6. The molecule has 0 saturated heterocycles. The Hall–Kier alpha value is -4.81. The third-order valence-electron chi connectivity index (χ3n) is 15.8. The molecule has 576 valence electrons. The van der Waals surface area contributed by atoms with Gasteiger partial charge < -0.3 is 4.74 Å². The number of carbonyl (C=O) groups excluding carboxylic acids is 1. The van der Waals surface area contributed by atoms with E-state index in [0.29, 0.717) is 25.6 Å². The van der Waals surface area contributed by atoms with E-state index in [0.717, 1.165) is 93.7 Å². The van der Waals surface area contributed by atoms with Crippen molar-refractivity contribution in [2.24, 2.45) is 11.8 Å². The Labute approximate surface area is 696 Å². The average Bonchev–Trinajstić information content (AvgIpc) is 1.82. The molecule has 2 unspecified atom stereocenters. The van der Waals surface area contributed by atoms with Crippen LogP contribution < -0.4 is 0 Å². The molecule has 0 bridgehead atoms. The highest BCUT2D eigenvalue weighted by Crippen LogP contribution is 2.29. The van der Waals surface area contributed by atoms with Gasteiger partial charge in [0.15, 0.2) is 0 Å². The van der Waals surface area contributed by atoms with Crippen molar-refractivity contribution in [1.29, 1.82) is 0 Å². The van der Waals surface area contributed by atoms with Crippen LogP contribution in [0.15, 0.2) is 167 Å². The second-order valence-electron chi connectivity index (χ2n) is 23.7. The summed E-state index contributed by atoms with van der Waals surface area (Å²) in [5.41, 5.74) is 8.53. The number of rotatable bonds is 30. The fraction of sp³-hybridized carbons (Fsp3) is 0.427. The molecule has 107 heavy (non-hydrogen) atoms. The van der Waals surface area contributed by atoms with Crippen LogP contribution in [0.2, 0.25) is 0 Å². The van der Waals surface area contributed by atoms with E-state index in [1.165, 1.54) is 115 Å². The van der Waals surface area contributed by atoms with Crippen LogP contribution in [0, 0.1) is 82.2 Å². The van der Waals surface area contributed by atoms with Gasteiger partial charge in [0.1, 0.15) is 0 Å². The maximum atomic E-state index is 12.0. The van der Waals surface area contributed by atoms with Crippen LogP contribution in [-0.2, 0) is 19.4 Å². The first-order valence-corrected chi connectivity index (χ1v) is 51.2. The molecule has 18 heteroatoms. The molecule has 0 aliphatic heterocycles. The maximum Gasteiger partial charge on any atom is 0.384 e. The first-order valence-electron chi connectivity index (χ1n) is 36.5. The molecule has 4 nitrogen and oxygen atoms in total. The number of allylic oxidation sites excluding steroid dienone is 2. The predicted octanol–water partition coefficient (Wildman–Crippen LogP) is 28.6.